The van der Waals surface area contributed by atoms with E-state index in [-0.39, 0.29) is 5.75 Å². The van der Waals surface area contributed by atoms with E-state index in [1.807, 2.05) is 6.92 Å². The average molecular weight is 377 g/mol. The number of morpholine rings is 1. The third-order valence-corrected chi connectivity index (χ3v) is 5.41. The predicted molar refractivity (Wildman–Crippen MR) is 101 cm³/mol. The van der Waals surface area contributed by atoms with Gasteiger partial charge in [-0.3, -0.25) is 4.90 Å². The molecule has 1 aliphatic carbocycles. The van der Waals surface area contributed by atoms with Crippen LogP contribution in [0, 0.1) is 5.82 Å². The van der Waals surface area contributed by atoms with Gasteiger partial charge in [0.15, 0.2) is 11.6 Å². The van der Waals surface area contributed by atoms with Crippen molar-refractivity contribution in [1.29, 1.82) is 0 Å². The van der Waals surface area contributed by atoms with Gasteiger partial charge in [0.05, 0.1) is 18.8 Å². The van der Waals surface area contributed by atoms with Crippen LogP contribution in [0.4, 0.5) is 4.39 Å². The van der Waals surface area contributed by atoms with Gasteiger partial charge in [-0.05, 0) is 56.4 Å². The van der Waals surface area contributed by atoms with Crippen molar-refractivity contribution in [3.8, 4) is 5.75 Å². The molecule has 27 heavy (non-hydrogen) atoms. The van der Waals surface area contributed by atoms with Crippen molar-refractivity contribution in [2.24, 2.45) is 0 Å². The van der Waals surface area contributed by atoms with E-state index in [1.54, 1.807) is 0 Å². The highest BCUT2D eigenvalue weighted by molar-refractivity contribution is 5.89. The van der Waals surface area contributed by atoms with Gasteiger partial charge in [0.25, 0.3) is 0 Å². The first-order chi connectivity index (χ1) is 13.0. The van der Waals surface area contributed by atoms with Crippen molar-refractivity contribution in [3.05, 3.63) is 41.7 Å². The summed E-state index contributed by atoms with van der Waals surface area (Å²) >= 11 is 0. The summed E-state index contributed by atoms with van der Waals surface area (Å²) in [5.74, 6) is -0.862. The summed E-state index contributed by atoms with van der Waals surface area (Å²) in [6.07, 6.45) is 3.68. The monoisotopic (exact) mass is 377 g/mol. The summed E-state index contributed by atoms with van der Waals surface area (Å²) in [6, 6.07) is 4.13. The van der Waals surface area contributed by atoms with E-state index in [0.717, 1.165) is 44.3 Å². The number of esters is 1. The maximum atomic E-state index is 14.3. The molecular formula is C21H28FNO4. The minimum absolute atomic E-state index is 0.0857. The van der Waals surface area contributed by atoms with Crippen molar-refractivity contribution in [3.63, 3.8) is 0 Å². The van der Waals surface area contributed by atoms with Gasteiger partial charge in [0, 0.05) is 19.6 Å². The first-order valence-corrected chi connectivity index (χ1v) is 9.62. The molecule has 0 atom stereocenters. The van der Waals surface area contributed by atoms with Crippen LogP contribution in [0.1, 0.15) is 43.0 Å². The van der Waals surface area contributed by atoms with E-state index in [2.05, 4.69) is 11.5 Å². The van der Waals surface area contributed by atoms with E-state index in [4.69, 9.17) is 14.2 Å². The predicted octanol–water partition coefficient (Wildman–Crippen LogP) is 3.58. The highest BCUT2D eigenvalue weighted by atomic mass is 19.1. The Bertz CT molecular complexity index is 679. The fourth-order valence-electron chi connectivity index (χ4n) is 3.66. The van der Waals surface area contributed by atoms with Crippen molar-refractivity contribution in [1.82, 2.24) is 4.90 Å². The standard InChI is InChI=1S/C21H28FNO4/c1-16(2)21(7-3-4-8-21)27-19-15-17(5-6-18(19)22)20(24)26-14-11-23-9-12-25-13-10-23/h5-6,15H,1,3-4,7-14H2,2H3. The second kappa shape index (κ2) is 8.85. The number of hydrogen-bond acceptors (Lipinski definition) is 5. The number of ether oxygens (including phenoxy) is 3. The van der Waals surface area contributed by atoms with Crippen LogP contribution < -0.4 is 4.74 Å². The Morgan fingerprint density at radius 1 is 1.30 bits per heavy atom. The molecule has 1 saturated carbocycles. The molecule has 1 heterocycles. The topological polar surface area (TPSA) is 48.0 Å². The molecule has 0 amide bonds. The molecule has 0 N–H and O–H groups in total. The molecule has 1 aromatic carbocycles. The highest BCUT2D eigenvalue weighted by Crippen LogP contribution is 2.40. The molecule has 0 unspecified atom stereocenters. The van der Waals surface area contributed by atoms with Crippen molar-refractivity contribution in [2.75, 3.05) is 39.5 Å². The van der Waals surface area contributed by atoms with Gasteiger partial charge in [-0.2, -0.15) is 0 Å². The van der Waals surface area contributed by atoms with Crippen LogP contribution in [0.15, 0.2) is 30.4 Å². The molecule has 1 saturated heterocycles. The van der Waals surface area contributed by atoms with E-state index >= 15 is 0 Å². The van der Waals surface area contributed by atoms with Gasteiger partial charge in [0.1, 0.15) is 12.2 Å². The van der Waals surface area contributed by atoms with Gasteiger partial charge < -0.3 is 14.2 Å². The van der Waals surface area contributed by atoms with Crippen LogP contribution in [-0.4, -0.2) is 55.9 Å². The minimum atomic E-state index is -0.542. The smallest absolute Gasteiger partial charge is 0.338 e. The number of carbonyl (C=O) groups is 1. The number of halogens is 1. The van der Waals surface area contributed by atoms with Crippen molar-refractivity contribution in [2.45, 2.75) is 38.2 Å². The van der Waals surface area contributed by atoms with Crippen LogP contribution in [0.3, 0.4) is 0 Å². The summed E-state index contributed by atoms with van der Waals surface area (Å²) in [5.41, 5.74) is 0.640. The lowest BCUT2D eigenvalue weighted by atomic mass is 9.94. The average Bonchev–Trinajstić information content (AvgIpc) is 3.14. The second-order valence-corrected chi connectivity index (χ2v) is 7.32. The Balaban J connectivity index is 1.61. The molecule has 0 bridgehead atoms. The number of carbonyl (C=O) groups excluding carboxylic acids is 1. The molecule has 1 aromatic rings. The lowest BCUT2D eigenvalue weighted by Crippen LogP contribution is -2.38. The Kier molecular flexibility index (Phi) is 6.50. The van der Waals surface area contributed by atoms with Crippen LogP contribution >= 0.6 is 0 Å². The second-order valence-electron chi connectivity index (χ2n) is 7.32. The number of rotatable bonds is 7. The van der Waals surface area contributed by atoms with Crippen LogP contribution in [0.2, 0.25) is 0 Å². The summed E-state index contributed by atoms with van der Waals surface area (Å²) in [4.78, 5) is 14.5. The number of benzene rings is 1. The van der Waals surface area contributed by atoms with E-state index < -0.39 is 17.4 Å². The van der Waals surface area contributed by atoms with Gasteiger partial charge in [-0.1, -0.05) is 6.58 Å². The van der Waals surface area contributed by atoms with Crippen LogP contribution in [-0.2, 0) is 9.47 Å². The molecule has 1 aliphatic heterocycles. The number of hydrogen-bond donors (Lipinski definition) is 0. The normalized spacial score (nSPS) is 19.6. The molecular weight excluding hydrogens is 349 g/mol. The van der Waals surface area contributed by atoms with Crippen molar-refractivity contribution >= 4 is 5.97 Å². The third-order valence-electron chi connectivity index (χ3n) is 5.41. The fraction of sp³-hybridized carbons (Fsp3) is 0.571. The summed E-state index contributed by atoms with van der Waals surface area (Å²) in [7, 11) is 0. The summed E-state index contributed by atoms with van der Waals surface area (Å²) in [5, 5.41) is 0. The summed E-state index contributed by atoms with van der Waals surface area (Å²) < 4.78 is 31.0. The largest absolute Gasteiger partial charge is 0.480 e. The van der Waals surface area contributed by atoms with Crippen LogP contribution in [0.25, 0.3) is 0 Å². The Hall–Kier alpha value is -1.92. The lowest BCUT2D eigenvalue weighted by molar-refractivity contribution is 0.0195. The van der Waals surface area contributed by atoms with Gasteiger partial charge in [-0.15, -0.1) is 0 Å². The highest BCUT2D eigenvalue weighted by Gasteiger charge is 2.37. The van der Waals surface area contributed by atoms with Gasteiger partial charge in [0.2, 0.25) is 0 Å². The molecule has 2 fully saturated rings. The zero-order chi connectivity index (χ0) is 19.3. The quantitative estimate of drug-likeness (QED) is 0.537. The van der Waals surface area contributed by atoms with Crippen LogP contribution in [0.5, 0.6) is 5.75 Å². The third kappa shape index (κ3) is 4.87. The molecule has 148 valence electrons. The molecule has 0 radical (unpaired) electrons. The maximum absolute atomic E-state index is 14.3. The van der Waals surface area contributed by atoms with Crippen molar-refractivity contribution < 1.29 is 23.4 Å². The first kappa shape index (κ1) is 19.8. The summed E-state index contributed by atoms with van der Waals surface area (Å²) in [6.45, 7) is 9.99. The van der Waals surface area contributed by atoms with E-state index in [1.165, 1.54) is 18.2 Å². The molecule has 6 heteroatoms. The Morgan fingerprint density at radius 2 is 2.00 bits per heavy atom. The molecule has 0 spiro atoms. The molecule has 2 aliphatic rings. The number of nitrogens with zero attached hydrogens (tertiary/aromatic N) is 1. The maximum Gasteiger partial charge on any atom is 0.338 e. The molecule has 0 aromatic heterocycles. The lowest BCUT2D eigenvalue weighted by Gasteiger charge is -2.31. The zero-order valence-corrected chi connectivity index (χ0v) is 16.0. The fourth-order valence-corrected chi connectivity index (χ4v) is 3.66. The zero-order valence-electron chi connectivity index (χ0n) is 16.0. The van der Waals surface area contributed by atoms with Gasteiger partial charge >= 0.3 is 5.97 Å². The van der Waals surface area contributed by atoms with E-state index in [9.17, 15) is 9.18 Å². The Morgan fingerprint density at radius 3 is 2.67 bits per heavy atom. The van der Waals surface area contributed by atoms with E-state index in [0.29, 0.717) is 31.9 Å². The Labute approximate surface area is 160 Å². The molecule has 3 rings (SSSR count). The van der Waals surface area contributed by atoms with Gasteiger partial charge in [-0.25, -0.2) is 9.18 Å². The minimum Gasteiger partial charge on any atom is -0.480 e. The SMILES string of the molecule is C=C(C)C1(Oc2cc(C(=O)OCCN3CCOCC3)ccc2F)CCCC1. The molecule has 5 nitrogen and oxygen atoms in total. The first-order valence-electron chi connectivity index (χ1n) is 9.62.